The second kappa shape index (κ2) is 9.64. The van der Waals surface area contributed by atoms with Crippen LogP contribution >= 0.6 is 23.4 Å². The molecule has 0 aliphatic carbocycles. The van der Waals surface area contributed by atoms with Crippen LogP contribution in [0.3, 0.4) is 0 Å². The topological polar surface area (TPSA) is 112 Å². The number of rotatable bonds is 3. The Balaban J connectivity index is 1.46. The van der Waals surface area contributed by atoms with Crippen LogP contribution in [-0.2, 0) is 10.3 Å². The maximum Gasteiger partial charge on any atom is 0.277 e. The predicted octanol–water partition coefficient (Wildman–Crippen LogP) is 5.27. The van der Waals surface area contributed by atoms with Crippen LogP contribution in [0.25, 0.3) is 5.57 Å². The average molecular weight is 556 g/mol. The molecule has 3 aromatic rings. The van der Waals surface area contributed by atoms with Crippen molar-refractivity contribution >= 4 is 45.7 Å². The van der Waals surface area contributed by atoms with Crippen molar-refractivity contribution in [2.45, 2.75) is 18.4 Å². The summed E-state index contributed by atoms with van der Waals surface area (Å²) in [6.07, 6.45) is 4.17. The van der Waals surface area contributed by atoms with Crippen LogP contribution < -0.4 is 15.8 Å². The van der Waals surface area contributed by atoms with Crippen LogP contribution in [0.4, 0.5) is 14.5 Å². The molecule has 3 aliphatic heterocycles. The average Bonchev–Trinajstić information content (AvgIpc) is 2.90. The van der Waals surface area contributed by atoms with Crippen LogP contribution in [0.1, 0.15) is 40.2 Å². The minimum Gasteiger partial charge on any atom is -0.452 e. The number of aliphatic imine (C=N–C) groups is 1. The summed E-state index contributed by atoms with van der Waals surface area (Å²) in [5.74, 6) is -1.38. The second-order valence-corrected chi connectivity index (χ2v) is 10.4. The summed E-state index contributed by atoms with van der Waals surface area (Å²) >= 11 is 7.16. The molecule has 194 valence electrons. The van der Waals surface area contributed by atoms with Crippen molar-refractivity contribution in [1.82, 2.24) is 9.97 Å². The zero-order chi connectivity index (χ0) is 26.4. The van der Waals surface area contributed by atoms with E-state index in [2.05, 4.69) is 15.3 Å². The van der Waals surface area contributed by atoms with Gasteiger partial charge in [-0.3, -0.25) is 4.79 Å². The van der Waals surface area contributed by atoms with Gasteiger partial charge in [-0.25, -0.2) is 19.4 Å². The number of amides is 1. The number of hydrogen-bond acceptors (Lipinski definition) is 8. The number of aromatic nitrogens is 2. The summed E-state index contributed by atoms with van der Waals surface area (Å²) in [7, 11) is 0. The van der Waals surface area contributed by atoms with E-state index in [1.165, 1.54) is 18.0 Å². The van der Waals surface area contributed by atoms with Gasteiger partial charge in [0.05, 0.1) is 23.9 Å². The lowest BCUT2D eigenvalue weighted by Crippen LogP contribution is -2.36. The van der Waals surface area contributed by atoms with Crippen molar-refractivity contribution in [3.8, 4) is 11.5 Å². The molecule has 5 heterocycles. The van der Waals surface area contributed by atoms with Gasteiger partial charge in [0, 0.05) is 28.8 Å². The van der Waals surface area contributed by atoms with Gasteiger partial charge in [0.1, 0.15) is 11.3 Å². The van der Waals surface area contributed by atoms with Crippen LogP contribution in [-0.4, -0.2) is 40.0 Å². The van der Waals surface area contributed by atoms with Gasteiger partial charge in [-0.2, -0.15) is 4.39 Å². The Kier molecular flexibility index (Phi) is 6.29. The van der Waals surface area contributed by atoms with Crippen LogP contribution in [0.5, 0.6) is 11.5 Å². The van der Waals surface area contributed by atoms with Gasteiger partial charge in [-0.05, 0) is 48.7 Å². The number of thioether (sulfide) groups is 1. The quantitative estimate of drug-likeness (QED) is 0.424. The summed E-state index contributed by atoms with van der Waals surface area (Å²) in [5, 5.41) is 3.09. The molecule has 0 fully saturated rings. The molecule has 1 amide bonds. The molecule has 1 aromatic carbocycles. The Morgan fingerprint density at radius 3 is 2.84 bits per heavy atom. The highest BCUT2D eigenvalue weighted by atomic mass is 35.5. The minimum absolute atomic E-state index is 0.0124. The molecular weight excluding hydrogens is 536 g/mol. The second-order valence-electron chi connectivity index (χ2n) is 8.89. The SMILES string of the molecule is NC1=NC2(CCS1)c1cc(NC(=O)c3ncc(Cl)cc3F)ccc1Oc1c2cc(C2=CCOCC2)nc1F. The van der Waals surface area contributed by atoms with Crippen molar-refractivity contribution in [2.75, 3.05) is 24.3 Å². The Labute approximate surface area is 225 Å². The molecule has 6 rings (SSSR count). The van der Waals surface area contributed by atoms with E-state index < -0.39 is 28.9 Å². The lowest BCUT2D eigenvalue weighted by Gasteiger charge is -2.39. The zero-order valence-corrected chi connectivity index (χ0v) is 21.3. The van der Waals surface area contributed by atoms with E-state index in [0.717, 1.165) is 11.6 Å². The first-order valence-corrected chi connectivity index (χ1v) is 13.1. The smallest absolute Gasteiger partial charge is 0.277 e. The third-order valence-electron chi connectivity index (χ3n) is 6.60. The number of nitrogens with zero attached hydrogens (tertiary/aromatic N) is 3. The number of halogens is 3. The van der Waals surface area contributed by atoms with E-state index in [1.807, 2.05) is 6.08 Å². The van der Waals surface area contributed by atoms with E-state index in [9.17, 15) is 9.18 Å². The Morgan fingerprint density at radius 2 is 2.08 bits per heavy atom. The number of hydrogen-bond donors (Lipinski definition) is 2. The molecule has 38 heavy (non-hydrogen) atoms. The van der Waals surface area contributed by atoms with Gasteiger partial charge in [0.25, 0.3) is 11.9 Å². The molecule has 1 atom stereocenters. The van der Waals surface area contributed by atoms with E-state index in [1.54, 1.807) is 24.3 Å². The Bertz CT molecular complexity index is 1550. The zero-order valence-electron chi connectivity index (χ0n) is 19.8. The van der Waals surface area contributed by atoms with Gasteiger partial charge < -0.3 is 20.5 Å². The molecule has 12 heteroatoms. The summed E-state index contributed by atoms with van der Waals surface area (Å²) in [6, 6.07) is 7.66. The first kappa shape index (κ1) is 24.8. The number of carbonyl (C=O) groups is 1. The monoisotopic (exact) mass is 555 g/mol. The van der Waals surface area contributed by atoms with Gasteiger partial charge in [0.15, 0.2) is 22.4 Å². The lowest BCUT2D eigenvalue weighted by atomic mass is 9.78. The largest absolute Gasteiger partial charge is 0.452 e. The van der Waals surface area contributed by atoms with E-state index >= 15 is 4.39 Å². The standard InChI is InChI=1S/C26H20ClF2N5O3S/c27-14-9-18(28)21(31-12-14)24(35)32-15-1-2-20-16(10-15)26(5-8-38-25(30)34-26)17-11-19(13-3-6-36-7-4-13)33-23(29)22(17)37-20/h1-3,9-12H,4-8H2,(H2,30,34)(H,32,35). The van der Waals surface area contributed by atoms with Gasteiger partial charge >= 0.3 is 0 Å². The van der Waals surface area contributed by atoms with Gasteiger partial charge in [-0.15, -0.1) is 0 Å². The van der Waals surface area contributed by atoms with E-state index in [0.29, 0.717) is 65.2 Å². The van der Waals surface area contributed by atoms with Crippen molar-refractivity contribution in [3.05, 3.63) is 81.9 Å². The molecule has 0 saturated heterocycles. The van der Waals surface area contributed by atoms with Gasteiger partial charge in [0.2, 0.25) is 0 Å². The first-order chi connectivity index (χ1) is 18.3. The summed E-state index contributed by atoms with van der Waals surface area (Å²) in [5.41, 5.74) is 7.52. The Morgan fingerprint density at radius 1 is 1.21 bits per heavy atom. The third kappa shape index (κ3) is 4.30. The van der Waals surface area contributed by atoms with Crippen LogP contribution in [0.2, 0.25) is 5.02 Å². The fourth-order valence-corrected chi connectivity index (χ4v) is 5.82. The number of nitrogens with one attached hydrogen (secondary N) is 1. The molecular formula is C26H20ClF2N5O3S. The Hall–Kier alpha value is -3.54. The first-order valence-electron chi connectivity index (χ1n) is 11.7. The number of carbonyl (C=O) groups excluding carboxylic acids is 1. The minimum atomic E-state index is -1.08. The normalized spacial score (nSPS) is 20.1. The number of ether oxygens (including phenoxy) is 2. The summed E-state index contributed by atoms with van der Waals surface area (Å²) < 4.78 is 41.1. The highest BCUT2D eigenvalue weighted by Crippen LogP contribution is 2.54. The molecule has 2 aromatic heterocycles. The molecule has 0 radical (unpaired) electrons. The number of fused-ring (bicyclic) bond motifs is 4. The maximum absolute atomic E-state index is 15.4. The molecule has 3 N–H and O–H groups in total. The predicted molar refractivity (Wildman–Crippen MR) is 141 cm³/mol. The highest BCUT2D eigenvalue weighted by molar-refractivity contribution is 8.13. The van der Waals surface area contributed by atoms with Crippen LogP contribution in [0, 0.1) is 11.8 Å². The number of nitrogens with two attached hydrogens (primary N) is 1. The van der Waals surface area contributed by atoms with Crippen molar-refractivity contribution < 1.29 is 23.0 Å². The van der Waals surface area contributed by atoms with E-state index in [4.69, 9.17) is 31.8 Å². The fourth-order valence-electron chi connectivity index (χ4n) is 4.85. The van der Waals surface area contributed by atoms with Crippen molar-refractivity contribution in [3.63, 3.8) is 0 Å². The maximum atomic E-state index is 15.4. The summed E-state index contributed by atoms with van der Waals surface area (Å²) in [6.45, 7) is 0.943. The van der Waals surface area contributed by atoms with Crippen molar-refractivity contribution in [1.29, 1.82) is 0 Å². The molecule has 3 aliphatic rings. The van der Waals surface area contributed by atoms with Crippen LogP contribution in [0.15, 0.2) is 47.6 Å². The molecule has 8 nitrogen and oxygen atoms in total. The number of anilines is 1. The van der Waals surface area contributed by atoms with Gasteiger partial charge in [-0.1, -0.05) is 29.4 Å². The molecule has 1 spiro atoms. The number of pyridine rings is 2. The number of amidine groups is 1. The molecule has 0 bridgehead atoms. The highest BCUT2D eigenvalue weighted by Gasteiger charge is 2.46. The molecule has 1 unspecified atom stereocenters. The lowest BCUT2D eigenvalue weighted by molar-refractivity contribution is 0.101. The number of benzene rings is 1. The van der Waals surface area contributed by atoms with E-state index in [-0.39, 0.29) is 10.8 Å². The summed E-state index contributed by atoms with van der Waals surface area (Å²) in [4.78, 5) is 25.6. The fraction of sp³-hybridized carbons (Fsp3) is 0.231. The third-order valence-corrected chi connectivity index (χ3v) is 7.60. The van der Waals surface area contributed by atoms with Crippen molar-refractivity contribution in [2.24, 2.45) is 10.7 Å². The molecule has 0 saturated carbocycles.